The van der Waals surface area contributed by atoms with E-state index in [9.17, 15) is 0 Å². The highest BCUT2D eigenvalue weighted by molar-refractivity contribution is 4.66. The molecule has 0 heterocycles. The highest BCUT2D eigenvalue weighted by atomic mass is 16.5. The lowest BCUT2D eigenvalue weighted by Crippen LogP contribution is -2.28. The van der Waals surface area contributed by atoms with E-state index in [1.807, 2.05) is 7.11 Å². The molecule has 2 unspecified atom stereocenters. The van der Waals surface area contributed by atoms with Crippen molar-refractivity contribution < 1.29 is 9.47 Å². The molecule has 0 aromatic heterocycles. The Balaban J connectivity index is 3.26. The maximum atomic E-state index is 5.63. The van der Waals surface area contributed by atoms with Crippen LogP contribution in [0.15, 0.2) is 0 Å². The zero-order chi connectivity index (χ0) is 17.2. The van der Waals surface area contributed by atoms with Crippen molar-refractivity contribution in [2.24, 2.45) is 0 Å². The second-order valence-corrected chi connectivity index (χ2v) is 6.97. The molecule has 0 spiro atoms. The van der Waals surface area contributed by atoms with Gasteiger partial charge in [-0.15, -0.1) is 0 Å². The summed E-state index contributed by atoms with van der Waals surface area (Å²) in [5.41, 5.74) is 0. The van der Waals surface area contributed by atoms with Crippen LogP contribution >= 0.6 is 0 Å². The third kappa shape index (κ3) is 15.2. The molecule has 0 aliphatic rings. The van der Waals surface area contributed by atoms with Gasteiger partial charge in [-0.1, -0.05) is 90.4 Å². The minimum absolute atomic E-state index is 0.224. The lowest BCUT2D eigenvalue weighted by atomic mass is 10.0. The molecular formula is C21H44O2. The van der Waals surface area contributed by atoms with Gasteiger partial charge in [-0.05, 0) is 20.3 Å². The third-order valence-electron chi connectivity index (χ3n) is 4.85. The molecule has 2 nitrogen and oxygen atoms in total. The zero-order valence-corrected chi connectivity index (χ0v) is 16.6. The monoisotopic (exact) mass is 328 g/mol. The third-order valence-corrected chi connectivity index (χ3v) is 4.85. The fraction of sp³-hybridized carbons (Fsp3) is 1.00. The molecule has 140 valence electrons. The topological polar surface area (TPSA) is 18.5 Å². The molecule has 0 radical (unpaired) electrons. The van der Waals surface area contributed by atoms with E-state index in [4.69, 9.17) is 9.47 Å². The van der Waals surface area contributed by atoms with Gasteiger partial charge < -0.3 is 9.47 Å². The summed E-state index contributed by atoms with van der Waals surface area (Å²) < 4.78 is 11.2. The van der Waals surface area contributed by atoms with E-state index < -0.39 is 0 Å². The van der Waals surface area contributed by atoms with Gasteiger partial charge in [0.1, 0.15) is 0 Å². The van der Waals surface area contributed by atoms with Crippen LogP contribution < -0.4 is 0 Å². The molecule has 0 aliphatic carbocycles. The van der Waals surface area contributed by atoms with Crippen LogP contribution in [0.2, 0.25) is 0 Å². The van der Waals surface area contributed by atoms with E-state index >= 15 is 0 Å². The second kappa shape index (κ2) is 18.3. The Hall–Kier alpha value is -0.0800. The highest BCUT2D eigenvalue weighted by Crippen LogP contribution is 2.15. The second-order valence-electron chi connectivity index (χ2n) is 6.97. The predicted octanol–water partition coefficient (Wildman–Crippen LogP) is 6.91. The summed E-state index contributed by atoms with van der Waals surface area (Å²) in [4.78, 5) is 0. The quantitative estimate of drug-likeness (QED) is 0.255. The van der Waals surface area contributed by atoms with Gasteiger partial charge in [-0.2, -0.15) is 0 Å². The highest BCUT2D eigenvalue weighted by Gasteiger charge is 2.15. The Kier molecular flexibility index (Phi) is 18.2. The Bertz CT molecular complexity index is 218. The lowest BCUT2D eigenvalue weighted by molar-refractivity contribution is -0.0470. The predicted molar refractivity (Wildman–Crippen MR) is 102 cm³/mol. The van der Waals surface area contributed by atoms with E-state index in [0.717, 1.165) is 13.0 Å². The van der Waals surface area contributed by atoms with E-state index in [2.05, 4.69) is 20.8 Å². The van der Waals surface area contributed by atoms with Gasteiger partial charge in [0.05, 0.1) is 12.2 Å². The van der Waals surface area contributed by atoms with Gasteiger partial charge in [0.15, 0.2) is 0 Å². The molecule has 0 aromatic carbocycles. The van der Waals surface area contributed by atoms with Gasteiger partial charge in [-0.3, -0.25) is 0 Å². The van der Waals surface area contributed by atoms with Gasteiger partial charge in [0.25, 0.3) is 0 Å². The molecular weight excluding hydrogens is 284 g/mol. The molecule has 0 rings (SSSR count). The van der Waals surface area contributed by atoms with Crippen LogP contribution in [0.4, 0.5) is 0 Å². The minimum Gasteiger partial charge on any atom is -0.379 e. The van der Waals surface area contributed by atoms with Gasteiger partial charge in [0.2, 0.25) is 0 Å². The zero-order valence-electron chi connectivity index (χ0n) is 16.6. The fourth-order valence-electron chi connectivity index (χ4n) is 3.28. The van der Waals surface area contributed by atoms with Crippen molar-refractivity contribution in [3.05, 3.63) is 0 Å². The largest absolute Gasteiger partial charge is 0.379 e. The lowest BCUT2D eigenvalue weighted by Gasteiger charge is -2.22. The molecule has 0 saturated heterocycles. The van der Waals surface area contributed by atoms with Crippen molar-refractivity contribution in [3.8, 4) is 0 Å². The minimum atomic E-state index is 0.224. The van der Waals surface area contributed by atoms with Crippen molar-refractivity contribution in [3.63, 3.8) is 0 Å². The smallest absolute Gasteiger partial charge is 0.0830 e. The standard InChI is InChI=1S/C21H44O2/c1-5-7-8-9-10-11-12-13-14-15-16-17-18-19-21(22-4)20(3)23-6-2/h20-21H,5-19H2,1-4H3. The van der Waals surface area contributed by atoms with Crippen molar-refractivity contribution >= 4 is 0 Å². The normalized spacial score (nSPS) is 14.1. The van der Waals surface area contributed by atoms with Crippen molar-refractivity contribution in [2.45, 2.75) is 123 Å². The number of rotatable bonds is 18. The molecule has 23 heavy (non-hydrogen) atoms. The maximum Gasteiger partial charge on any atom is 0.0830 e. The first-order valence-corrected chi connectivity index (χ1v) is 10.4. The van der Waals surface area contributed by atoms with E-state index in [1.165, 1.54) is 83.5 Å². The average molecular weight is 329 g/mol. The molecule has 2 atom stereocenters. The number of methoxy groups -OCH3 is 1. The summed E-state index contributed by atoms with van der Waals surface area (Å²) in [7, 11) is 1.81. The summed E-state index contributed by atoms with van der Waals surface area (Å²) in [6, 6.07) is 0. The summed E-state index contributed by atoms with van der Waals surface area (Å²) in [5, 5.41) is 0. The Labute approximate surface area is 146 Å². The van der Waals surface area contributed by atoms with Crippen molar-refractivity contribution in [2.75, 3.05) is 13.7 Å². The van der Waals surface area contributed by atoms with Crippen LogP contribution in [0.5, 0.6) is 0 Å². The molecule has 0 fully saturated rings. The Morgan fingerprint density at radius 3 is 1.48 bits per heavy atom. The van der Waals surface area contributed by atoms with Crippen LogP contribution in [0, 0.1) is 0 Å². The van der Waals surface area contributed by atoms with Crippen LogP contribution in [-0.2, 0) is 9.47 Å². The first-order valence-electron chi connectivity index (χ1n) is 10.4. The molecule has 0 N–H and O–H groups in total. The van der Waals surface area contributed by atoms with Crippen LogP contribution in [0.3, 0.4) is 0 Å². The van der Waals surface area contributed by atoms with E-state index in [0.29, 0.717) is 0 Å². The molecule has 2 heteroatoms. The van der Waals surface area contributed by atoms with Crippen molar-refractivity contribution in [1.29, 1.82) is 0 Å². The first-order chi connectivity index (χ1) is 11.3. The fourth-order valence-corrected chi connectivity index (χ4v) is 3.28. The van der Waals surface area contributed by atoms with Crippen LogP contribution in [-0.4, -0.2) is 25.9 Å². The van der Waals surface area contributed by atoms with Crippen LogP contribution in [0.1, 0.15) is 111 Å². The number of unbranched alkanes of at least 4 members (excludes halogenated alkanes) is 12. The van der Waals surface area contributed by atoms with E-state index in [-0.39, 0.29) is 12.2 Å². The van der Waals surface area contributed by atoms with Crippen LogP contribution in [0.25, 0.3) is 0 Å². The van der Waals surface area contributed by atoms with Gasteiger partial charge in [-0.25, -0.2) is 0 Å². The average Bonchev–Trinajstić information content (AvgIpc) is 2.55. The number of hydrogen-bond acceptors (Lipinski definition) is 2. The van der Waals surface area contributed by atoms with Gasteiger partial charge in [0, 0.05) is 13.7 Å². The summed E-state index contributed by atoms with van der Waals surface area (Å²) >= 11 is 0. The first kappa shape index (κ1) is 22.9. The molecule has 0 bridgehead atoms. The maximum absolute atomic E-state index is 5.63. The Morgan fingerprint density at radius 1 is 0.652 bits per heavy atom. The van der Waals surface area contributed by atoms with Crippen molar-refractivity contribution in [1.82, 2.24) is 0 Å². The summed E-state index contributed by atoms with van der Waals surface area (Å²) in [5.74, 6) is 0. The SMILES string of the molecule is CCCCCCCCCCCCCCCC(OC)C(C)OCC. The number of ether oxygens (including phenoxy) is 2. The molecule has 0 saturated carbocycles. The molecule has 0 amide bonds. The summed E-state index contributed by atoms with van der Waals surface area (Å²) in [6.07, 6.45) is 19.9. The summed E-state index contributed by atoms with van der Waals surface area (Å²) in [6.45, 7) is 7.24. The van der Waals surface area contributed by atoms with Gasteiger partial charge >= 0.3 is 0 Å². The number of hydrogen-bond donors (Lipinski definition) is 0. The Morgan fingerprint density at radius 2 is 1.09 bits per heavy atom. The molecule has 0 aliphatic heterocycles. The van der Waals surface area contributed by atoms with E-state index in [1.54, 1.807) is 0 Å². The molecule has 0 aromatic rings.